The van der Waals surface area contributed by atoms with E-state index in [2.05, 4.69) is 20.2 Å². The van der Waals surface area contributed by atoms with Crippen LogP contribution in [0.1, 0.15) is 17.5 Å². The van der Waals surface area contributed by atoms with Gasteiger partial charge in [0, 0.05) is 29.6 Å². The van der Waals surface area contributed by atoms with Gasteiger partial charge in [0.05, 0.1) is 28.6 Å². The SMILES string of the molecule is Cc1cc(N2C=CC3=CC(c4ncccn4)OC3=C2)c2cn[nH]c2c1Cl. The summed E-state index contributed by atoms with van der Waals surface area (Å²) in [4.78, 5) is 10.6. The molecule has 0 spiro atoms. The van der Waals surface area contributed by atoms with Gasteiger partial charge in [-0.2, -0.15) is 5.10 Å². The van der Waals surface area contributed by atoms with Crippen LogP contribution in [0.3, 0.4) is 0 Å². The summed E-state index contributed by atoms with van der Waals surface area (Å²) in [5, 5.41) is 8.75. The number of ether oxygens (including phenoxy) is 1. The average molecular weight is 364 g/mol. The van der Waals surface area contributed by atoms with Crippen LogP contribution in [0.15, 0.2) is 66.6 Å². The number of hydrogen-bond acceptors (Lipinski definition) is 5. The van der Waals surface area contributed by atoms with E-state index in [1.165, 1.54) is 0 Å². The van der Waals surface area contributed by atoms with Gasteiger partial charge in [0.1, 0.15) is 5.76 Å². The highest BCUT2D eigenvalue weighted by Gasteiger charge is 2.27. The summed E-state index contributed by atoms with van der Waals surface area (Å²) in [6, 6.07) is 3.83. The van der Waals surface area contributed by atoms with Gasteiger partial charge in [-0.15, -0.1) is 0 Å². The van der Waals surface area contributed by atoms with Gasteiger partial charge in [0.15, 0.2) is 11.9 Å². The van der Waals surface area contributed by atoms with Gasteiger partial charge in [0.2, 0.25) is 0 Å². The van der Waals surface area contributed by atoms with E-state index in [-0.39, 0.29) is 6.10 Å². The first kappa shape index (κ1) is 15.2. The van der Waals surface area contributed by atoms with Crippen LogP contribution < -0.4 is 4.90 Å². The summed E-state index contributed by atoms with van der Waals surface area (Å²) >= 11 is 6.38. The number of benzene rings is 1. The predicted molar refractivity (Wildman–Crippen MR) is 99.5 cm³/mol. The van der Waals surface area contributed by atoms with Crippen molar-refractivity contribution in [1.29, 1.82) is 0 Å². The van der Waals surface area contributed by atoms with Crippen molar-refractivity contribution in [1.82, 2.24) is 20.2 Å². The molecule has 5 rings (SSSR count). The Morgan fingerprint density at radius 2 is 2.12 bits per heavy atom. The maximum absolute atomic E-state index is 6.38. The first-order chi connectivity index (χ1) is 12.7. The molecule has 6 nitrogen and oxygen atoms in total. The number of nitrogens with zero attached hydrogens (tertiary/aromatic N) is 4. The van der Waals surface area contributed by atoms with Gasteiger partial charge in [-0.1, -0.05) is 11.6 Å². The zero-order valence-corrected chi connectivity index (χ0v) is 14.6. The van der Waals surface area contributed by atoms with Crippen molar-refractivity contribution >= 4 is 28.2 Å². The van der Waals surface area contributed by atoms with E-state index < -0.39 is 0 Å². The minimum absolute atomic E-state index is 0.275. The van der Waals surface area contributed by atoms with Crippen LogP contribution in [0.5, 0.6) is 0 Å². The third-order valence-corrected chi connectivity index (χ3v) is 4.98. The molecule has 4 heterocycles. The van der Waals surface area contributed by atoms with E-state index in [1.807, 2.05) is 42.4 Å². The smallest absolute Gasteiger partial charge is 0.177 e. The van der Waals surface area contributed by atoms with Crippen LogP contribution in [0.25, 0.3) is 10.9 Å². The van der Waals surface area contributed by atoms with E-state index >= 15 is 0 Å². The summed E-state index contributed by atoms with van der Waals surface area (Å²) in [6.45, 7) is 1.98. The second-order valence-corrected chi connectivity index (χ2v) is 6.55. The van der Waals surface area contributed by atoms with Gasteiger partial charge in [-0.05, 0) is 36.8 Å². The first-order valence-corrected chi connectivity index (χ1v) is 8.55. The highest BCUT2D eigenvalue weighted by atomic mass is 35.5. The molecule has 0 amide bonds. The van der Waals surface area contributed by atoms with Crippen molar-refractivity contribution in [2.24, 2.45) is 0 Å². The molecule has 0 saturated carbocycles. The topological polar surface area (TPSA) is 66.9 Å². The molecule has 1 unspecified atom stereocenters. The average Bonchev–Trinajstić information content (AvgIpc) is 3.32. The number of H-pyrrole nitrogens is 1. The Kier molecular flexibility index (Phi) is 3.33. The maximum Gasteiger partial charge on any atom is 0.177 e. The first-order valence-electron chi connectivity index (χ1n) is 8.17. The van der Waals surface area contributed by atoms with E-state index in [4.69, 9.17) is 16.3 Å². The summed E-state index contributed by atoms with van der Waals surface area (Å²) in [7, 11) is 0. The van der Waals surface area contributed by atoms with Gasteiger partial charge in [-0.25, -0.2) is 9.97 Å². The number of nitrogens with one attached hydrogen (secondary N) is 1. The molecular weight excluding hydrogens is 350 g/mol. The van der Waals surface area contributed by atoms with Gasteiger partial charge >= 0.3 is 0 Å². The van der Waals surface area contributed by atoms with Crippen molar-refractivity contribution in [3.8, 4) is 0 Å². The highest BCUT2D eigenvalue weighted by molar-refractivity contribution is 6.36. The minimum Gasteiger partial charge on any atom is -0.476 e. The standard InChI is InChI=1S/C19H14ClN5O/c1-11-7-14(13-9-23-24-18(13)17(11)20)25-6-3-12-8-15(26-16(12)10-25)19-21-4-2-5-22-19/h2-10,15H,1H3,(H,23,24). The van der Waals surface area contributed by atoms with Crippen LogP contribution in [0.2, 0.25) is 5.02 Å². The number of aromatic amines is 1. The lowest BCUT2D eigenvalue weighted by Crippen LogP contribution is -2.13. The number of halogens is 1. The quantitative estimate of drug-likeness (QED) is 0.739. The van der Waals surface area contributed by atoms with Gasteiger partial charge < -0.3 is 9.64 Å². The molecule has 128 valence electrons. The normalized spacial score (nSPS) is 18.5. The lowest BCUT2D eigenvalue weighted by Gasteiger charge is -2.22. The largest absolute Gasteiger partial charge is 0.476 e. The molecular formula is C19H14ClN5O. The summed E-state index contributed by atoms with van der Waals surface area (Å²) < 4.78 is 6.05. The molecule has 1 aromatic carbocycles. The number of anilines is 1. The Labute approximate surface area is 154 Å². The Balaban J connectivity index is 1.53. The molecule has 3 aromatic rings. The molecule has 0 radical (unpaired) electrons. The molecule has 7 heteroatoms. The number of fused-ring (bicyclic) bond motifs is 2. The van der Waals surface area contributed by atoms with Crippen LogP contribution in [-0.2, 0) is 4.74 Å². The Morgan fingerprint density at radius 1 is 1.27 bits per heavy atom. The van der Waals surface area contributed by atoms with Crippen molar-refractivity contribution in [3.63, 3.8) is 0 Å². The fourth-order valence-corrected chi connectivity index (χ4v) is 3.39. The van der Waals surface area contributed by atoms with Crippen LogP contribution in [0, 0.1) is 6.92 Å². The van der Waals surface area contributed by atoms with Crippen molar-refractivity contribution in [2.45, 2.75) is 13.0 Å². The molecule has 1 atom stereocenters. The summed E-state index contributed by atoms with van der Waals surface area (Å²) in [5.41, 5.74) is 3.82. The summed E-state index contributed by atoms with van der Waals surface area (Å²) in [5.74, 6) is 1.43. The molecule has 0 fully saturated rings. The van der Waals surface area contributed by atoms with Gasteiger partial charge in [0.25, 0.3) is 0 Å². The Morgan fingerprint density at radius 3 is 2.96 bits per heavy atom. The van der Waals surface area contributed by atoms with Crippen LogP contribution >= 0.6 is 11.6 Å². The fraction of sp³-hybridized carbons (Fsp3) is 0.105. The minimum atomic E-state index is -0.275. The summed E-state index contributed by atoms with van der Waals surface area (Å²) in [6.07, 6.45) is 13.0. The van der Waals surface area contributed by atoms with Crippen LogP contribution in [-0.4, -0.2) is 20.2 Å². The number of hydrogen-bond donors (Lipinski definition) is 1. The van der Waals surface area contributed by atoms with Crippen molar-refractivity contribution in [3.05, 3.63) is 83.0 Å². The third kappa shape index (κ3) is 2.30. The Hall–Kier alpha value is -3.12. The van der Waals surface area contributed by atoms with E-state index in [0.717, 1.165) is 33.5 Å². The fourth-order valence-electron chi connectivity index (χ4n) is 3.20. The molecule has 26 heavy (non-hydrogen) atoms. The number of rotatable bonds is 2. The maximum atomic E-state index is 6.38. The molecule has 0 aliphatic carbocycles. The Bertz CT molecular complexity index is 1100. The second kappa shape index (κ2) is 5.71. The number of allylic oxidation sites excluding steroid dienone is 1. The molecule has 2 aromatic heterocycles. The van der Waals surface area contributed by atoms with Gasteiger partial charge in [-0.3, -0.25) is 5.10 Å². The molecule has 0 bridgehead atoms. The number of aromatic nitrogens is 4. The molecule has 1 N–H and O–H groups in total. The van der Waals surface area contributed by atoms with E-state index in [1.54, 1.807) is 24.7 Å². The van der Waals surface area contributed by atoms with Crippen LogP contribution in [0.4, 0.5) is 5.69 Å². The van der Waals surface area contributed by atoms with Crippen molar-refractivity contribution in [2.75, 3.05) is 4.90 Å². The second-order valence-electron chi connectivity index (χ2n) is 6.17. The molecule has 0 saturated heterocycles. The highest BCUT2D eigenvalue weighted by Crippen LogP contribution is 2.39. The lowest BCUT2D eigenvalue weighted by atomic mass is 10.1. The zero-order chi connectivity index (χ0) is 17.7. The molecule has 2 aliphatic heterocycles. The van der Waals surface area contributed by atoms with Crippen molar-refractivity contribution < 1.29 is 4.74 Å². The van der Waals surface area contributed by atoms with E-state index in [9.17, 15) is 0 Å². The zero-order valence-electron chi connectivity index (χ0n) is 13.8. The van der Waals surface area contributed by atoms with E-state index in [0.29, 0.717) is 10.8 Å². The molecule has 2 aliphatic rings. The predicted octanol–water partition coefficient (Wildman–Crippen LogP) is 4.19. The number of aryl methyl sites for hydroxylation is 1. The third-order valence-electron chi connectivity index (χ3n) is 4.49. The monoisotopic (exact) mass is 363 g/mol. The lowest BCUT2D eigenvalue weighted by molar-refractivity contribution is 0.174.